The minimum atomic E-state index is 0.0811. The molecule has 0 aromatic heterocycles. The Kier molecular flexibility index (Phi) is 6.02. The van der Waals surface area contributed by atoms with Crippen LogP contribution < -0.4 is 5.32 Å². The smallest absolute Gasteiger partial charge is 0.224 e. The summed E-state index contributed by atoms with van der Waals surface area (Å²) in [4.78, 5) is 14.1. The molecule has 0 atom stereocenters. The summed E-state index contributed by atoms with van der Waals surface area (Å²) >= 11 is 0. The Hall–Kier alpha value is -2.29. The molecule has 0 radical (unpaired) electrons. The van der Waals surface area contributed by atoms with Gasteiger partial charge < -0.3 is 10.2 Å². The second kappa shape index (κ2) is 8.00. The fraction of sp³-hybridized carbons (Fsp3) is 0.381. The molecule has 0 aliphatic rings. The van der Waals surface area contributed by atoms with Gasteiger partial charge in [0.1, 0.15) is 0 Å². The minimum absolute atomic E-state index is 0.0811. The molecule has 128 valence electrons. The average Bonchev–Trinajstić information content (AvgIpc) is 2.55. The van der Waals surface area contributed by atoms with Crippen LogP contribution in [0.1, 0.15) is 38.3 Å². The highest BCUT2D eigenvalue weighted by molar-refractivity contribution is 5.76. The lowest BCUT2D eigenvalue weighted by Crippen LogP contribution is -2.28. The van der Waals surface area contributed by atoms with Crippen molar-refractivity contribution >= 4 is 11.6 Å². The highest BCUT2D eigenvalue weighted by Crippen LogP contribution is 2.29. The Morgan fingerprint density at radius 2 is 1.62 bits per heavy atom. The molecule has 24 heavy (non-hydrogen) atoms. The highest BCUT2D eigenvalue weighted by Gasteiger charge is 2.17. The van der Waals surface area contributed by atoms with Gasteiger partial charge in [0.2, 0.25) is 5.91 Å². The summed E-state index contributed by atoms with van der Waals surface area (Å²) in [6, 6.07) is 18.4. The molecule has 0 aliphatic carbocycles. The van der Waals surface area contributed by atoms with Crippen molar-refractivity contribution in [3.63, 3.8) is 0 Å². The first-order valence-corrected chi connectivity index (χ1v) is 8.49. The Morgan fingerprint density at radius 1 is 1.00 bits per heavy atom. The number of para-hydroxylation sites is 1. The number of rotatable bonds is 6. The van der Waals surface area contributed by atoms with Crippen molar-refractivity contribution in [2.24, 2.45) is 0 Å². The van der Waals surface area contributed by atoms with Crippen LogP contribution in [0.3, 0.4) is 0 Å². The maximum Gasteiger partial charge on any atom is 0.224 e. The molecule has 0 saturated heterocycles. The zero-order valence-electron chi connectivity index (χ0n) is 15.2. The van der Waals surface area contributed by atoms with Gasteiger partial charge in [-0.15, -0.1) is 0 Å². The van der Waals surface area contributed by atoms with Crippen LogP contribution in [0, 0.1) is 0 Å². The fourth-order valence-electron chi connectivity index (χ4n) is 2.73. The second-order valence-corrected chi connectivity index (χ2v) is 7.21. The molecule has 0 heterocycles. The summed E-state index contributed by atoms with van der Waals surface area (Å²) in [7, 11) is 1.86. The van der Waals surface area contributed by atoms with E-state index in [4.69, 9.17) is 0 Å². The minimum Gasteiger partial charge on any atom is -0.384 e. The van der Waals surface area contributed by atoms with Crippen molar-refractivity contribution in [2.45, 2.75) is 39.2 Å². The van der Waals surface area contributed by atoms with Gasteiger partial charge in [0.05, 0.1) is 0 Å². The number of nitrogens with one attached hydrogen (secondary N) is 1. The zero-order valence-corrected chi connectivity index (χ0v) is 15.2. The van der Waals surface area contributed by atoms with E-state index in [1.165, 1.54) is 5.56 Å². The molecule has 2 aromatic rings. The van der Waals surface area contributed by atoms with E-state index < -0.39 is 0 Å². The molecule has 2 rings (SSSR count). The maximum atomic E-state index is 12.3. The predicted octanol–water partition coefficient (Wildman–Crippen LogP) is 4.44. The summed E-state index contributed by atoms with van der Waals surface area (Å²) < 4.78 is 0. The Morgan fingerprint density at radius 3 is 2.29 bits per heavy atom. The van der Waals surface area contributed by atoms with Crippen molar-refractivity contribution in [1.29, 1.82) is 0 Å². The van der Waals surface area contributed by atoms with Crippen LogP contribution in [0.25, 0.3) is 0 Å². The molecule has 1 amide bonds. The molecule has 1 N–H and O–H groups in total. The van der Waals surface area contributed by atoms with Gasteiger partial charge >= 0.3 is 0 Å². The molecule has 3 heteroatoms. The van der Waals surface area contributed by atoms with Gasteiger partial charge in [-0.2, -0.15) is 0 Å². The van der Waals surface area contributed by atoms with Crippen molar-refractivity contribution < 1.29 is 4.79 Å². The van der Waals surface area contributed by atoms with Crippen LogP contribution >= 0.6 is 0 Å². The van der Waals surface area contributed by atoms with Crippen LogP contribution in [0.15, 0.2) is 54.6 Å². The van der Waals surface area contributed by atoms with Gasteiger partial charge in [-0.25, -0.2) is 0 Å². The summed E-state index contributed by atoms with van der Waals surface area (Å²) in [5.74, 6) is 0.152. The van der Waals surface area contributed by atoms with E-state index in [-0.39, 0.29) is 11.3 Å². The van der Waals surface area contributed by atoms with Crippen LogP contribution in [0.4, 0.5) is 5.69 Å². The van der Waals surface area contributed by atoms with Crippen LogP contribution in [-0.2, 0) is 16.8 Å². The lowest BCUT2D eigenvalue weighted by atomic mass is 9.86. The topological polar surface area (TPSA) is 32.3 Å². The van der Waals surface area contributed by atoms with Gasteiger partial charge in [-0.1, -0.05) is 69.3 Å². The largest absolute Gasteiger partial charge is 0.384 e. The van der Waals surface area contributed by atoms with E-state index in [1.54, 1.807) is 4.90 Å². The number of benzene rings is 2. The molecular formula is C21H28N2O. The van der Waals surface area contributed by atoms with Crippen LogP contribution in [0.5, 0.6) is 0 Å². The SMILES string of the molecule is CN(Cc1ccccc1)C(=O)CCNc1ccccc1C(C)(C)C. The number of anilines is 1. The van der Waals surface area contributed by atoms with Gasteiger partial charge in [0, 0.05) is 32.2 Å². The van der Waals surface area contributed by atoms with Crippen LogP contribution in [0.2, 0.25) is 0 Å². The van der Waals surface area contributed by atoms with Crippen molar-refractivity contribution in [3.8, 4) is 0 Å². The molecule has 0 saturated carbocycles. The number of carbonyl (C=O) groups excluding carboxylic acids is 1. The first-order chi connectivity index (χ1) is 11.4. The number of nitrogens with zero attached hydrogens (tertiary/aromatic N) is 1. The highest BCUT2D eigenvalue weighted by atomic mass is 16.2. The first kappa shape index (κ1) is 18.1. The average molecular weight is 324 g/mol. The predicted molar refractivity (Wildman–Crippen MR) is 101 cm³/mol. The molecule has 3 nitrogen and oxygen atoms in total. The zero-order chi connectivity index (χ0) is 17.6. The molecule has 0 unspecified atom stereocenters. The number of hydrogen-bond acceptors (Lipinski definition) is 2. The standard InChI is InChI=1S/C21H28N2O/c1-21(2,3)18-12-8-9-13-19(18)22-15-14-20(24)23(4)16-17-10-6-5-7-11-17/h5-13,22H,14-16H2,1-4H3. The summed E-state index contributed by atoms with van der Waals surface area (Å²) in [5.41, 5.74) is 3.62. The van der Waals surface area contributed by atoms with Crippen LogP contribution in [-0.4, -0.2) is 24.4 Å². The Labute approximate surface area is 145 Å². The molecule has 0 aliphatic heterocycles. The van der Waals surface area contributed by atoms with E-state index >= 15 is 0 Å². The first-order valence-electron chi connectivity index (χ1n) is 8.49. The molecular weight excluding hydrogens is 296 g/mol. The van der Waals surface area contributed by atoms with Crippen molar-refractivity contribution in [3.05, 3.63) is 65.7 Å². The van der Waals surface area contributed by atoms with E-state index in [2.05, 4.69) is 44.3 Å². The fourth-order valence-corrected chi connectivity index (χ4v) is 2.73. The summed E-state index contributed by atoms with van der Waals surface area (Å²) in [5, 5.41) is 3.42. The maximum absolute atomic E-state index is 12.3. The number of hydrogen-bond donors (Lipinski definition) is 1. The van der Waals surface area contributed by atoms with Gasteiger partial charge in [-0.3, -0.25) is 4.79 Å². The van der Waals surface area contributed by atoms with Gasteiger partial charge in [0.15, 0.2) is 0 Å². The lowest BCUT2D eigenvalue weighted by molar-refractivity contribution is -0.130. The second-order valence-electron chi connectivity index (χ2n) is 7.21. The monoisotopic (exact) mass is 324 g/mol. The third kappa shape index (κ3) is 5.12. The normalized spacial score (nSPS) is 11.2. The third-order valence-corrected chi connectivity index (χ3v) is 4.08. The summed E-state index contributed by atoms with van der Waals surface area (Å²) in [6.45, 7) is 7.90. The van der Waals surface area contributed by atoms with E-state index in [9.17, 15) is 4.79 Å². The molecule has 0 fully saturated rings. The van der Waals surface area contributed by atoms with Crippen molar-refractivity contribution in [1.82, 2.24) is 4.90 Å². The number of amides is 1. The lowest BCUT2D eigenvalue weighted by Gasteiger charge is -2.24. The van der Waals surface area contributed by atoms with Crippen molar-refractivity contribution in [2.75, 3.05) is 18.9 Å². The van der Waals surface area contributed by atoms with E-state index in [0.717, 1.165) is 11.3 Å². The third-order valence-electron chi connectivity index (χ3n) is 4.08. The Balaban J connectivity index is 1.87. The van der Waals surface area contributed by atoms with E-state index in [1.807, 2.05) is 43.4 Å². The quantitative estimate of drug-likeness (QED) is 0.851. The summed E-state index contributed by atoms with van der Waals surface area (Å²) in [6.07, 6.45) is 0.488. The van der Waals surface area contributed by atoms with Gasteiger partial charge in [-0.05, 0) is 22.6 Å². The molecule has 0 spiro atoms. The molecule has 2 aromatic carbocycles. The molecule has 0 bridgehead atoms. The van der Waals surface area contributed by atoms with Gasteiger partial charge in [0.25, 0.3) is 0 Å². The number of carbonyl (C=O) groups is 1. The van der Waals surface area contributed by atoms with E-state index in [0.29, 0.717) is 19.5 Å². The Bertz CT molecular complexity index is 659.